The summed E-state index contributed by atoms with van der Waals surface area (Å²) in [5.74, 6) is -1.37. The van der Waals surface area contributed by atoms with Gasteiger partial charge in [0.1, 0.15) is 11.4 Å². The van der Waals surface area contributed by atoms with E-state index in [1.807, 2.05) is 42.1 Å². The van der Waals surface area contributed by atoms with Gasteiger partial charge >= 0.3 is 0 Å². The van der Waals surface area contributed by atoms with Crippen LogP contribution in [0.2, 0.25) is 0 Å². The number of nitrogens with zero attached hydrogens (tertiary/aromatic N) is 2. The Kier molecular flexibility index (Phi) is 4.52. The molecule has 2 aromatic carbocycles. The van der Waals surface area contributed by atoms with Crippen LogP contribution in [0.1, 0.15) is 11.1 Å². The van der Waals surface area contributed by atoms with E-state index in [2.05, 4.69) is 5.32 Å². The molecular weight excluding hydrogens is 377 g/mol. The summed E-state index contributed by atoms with van der Waals surface area (Å²) in [6.07, 6.45) is 3.45. The highest BCUT2D eigenvalue weighted by molar-refractivity contribution is 7.80. The summed E-state index contributed by atoms with van der Waals surface area (Å²) in [5.41, 5.74) is 2.48. The van der Waals surface area contributed by atoms with E-state index in [9.17, 15) is 14.0 Å². The fourth-order valence-electron chi connectivity index (χ4n) is 3.25. The third-order valence-electron chi connectivity index (χ3n) is 4.67. The summed E-state index contributed by atoms with van der Waals surface area (Å²) in [7, 11) is 1.91. The minimum atomic E-state index is -0.529. The average molecular weight is 393 g/mol. The van der Waals surface area contributed by atoms with Gasteiger partial charge < -0.3 is 4.57 Å². The van der Waals surface area contributed by atoms with Crippen LogP contribution in [-0.2, 0) is 23.2 Å². The Morgan fingerprint density at radius 2 is 1.82 bits per heavy atom. The SMILES string of the molecule is Cn1cc(/C=C2/C(=O)NC(=S)N(Cc3ccc(F)cc3)C2=O)c2ccccc21. The molecule has 3 aromatic rings. The monoisotopic (exact) mass is 393 g/mol. The number of carbonyl (C=O) groups is 2. The molecule has 2 amide bonds. The highest BCUT2D eigenvalue weighted by Gasteiger charge is 2.33. The zero-order valence-electron chi connectivity index (χ0n) is 15.0. The summed E-state index contributed by atoms with van der Waals surface area (Å²) in [6.45, 7) is 0.144. The molecule has 140 valence electrons. The van der Waals surface area contributed by atoms with Gasteiger partial charge in [-0.05, 0) is 42.1 Å². The third-order valence-corrected chi connectivity index (χ3v) is 4.99. The average Bonchev–Trinajstić information content (AvgIpc) is 3.00. The number of amides is 2. The first-order valence-corrected chi connectivity index (χ1v) is 9.02. The molecule has 1 aliphatic rings. The molecule has 1 N–H and O–H groups in total. The van der Waals surface area contributed by atoms with Crippen molar-refractivity contribution < 1.29 is 14.0 Å². The van der Waals surface area contributed by atoms with Gasteiger partial charge in [-0.15, -0.1) is 0 Å². The zero-order valence-corrected chi connectivity index (χ0v) is 15.8. The van der Waals surface area contributed by atoms with Gasteiger partial charge in [-0.2, -0.15) is 0 Å². The number of nitrogens with one attached hydrogen (secondary N) is 1. The van der Waals surface area contributed by atoms with Crippen LogP contribution in [0.15, 0.2) is 60.3 Å². The van der Waals surface area contributed by atoms with Crippen LogP contribution < -0.4 is 5.32 Å². The number of aromatic nitrogens is 1. The van der Waals surface area contributed by atoms with Gasteiger partial charge in [0.05, 0.1) is 6.54 Å². The van der Waals surface area contributed by atoms with Crippen molar-refractivity contribution in [3.05, 3.63) is 77.2 Å². The number of thiocarbonyl (C=S) groups is 1. The standard InChI is InChI=1S/C21H16FN3O2S/c1-24-12-14(16-4-2-3-5-18(16)24)10-17-19(26)23-21(28)25(20(17)27)11-13-6-8-15(22)9-7-13/h2-10,12H,11H2,1H3,(H,23,26,28)/b17-10-. The number of halogens is 1. The molecule has 4 rings (SSSR count). The van der Waals surface area contributed by atoms with Gasteiger partial charge in [-0.1, -0.05) is 30.3 Å². The Morgan fingerprint density at radius 1 is 1.11 bits per heavy atom. The second-order valence-electron chi connectivity index (χ2n) is 6.55. The van der Waals surface area contributed by atoms with E-state index < -0.39 is 11.8 Å². The van der Waals surface area contributed by atoms with Crippen molar-refractivity contribution in [1.29, 1.82) is 0 Å². The van der Waals surface area contributed by atoms with Crippen LogP contribution in [-0.4, -0.2) is 26.4 Å². The smallest absolute Gasteiger partial charge is 0.265 e. The minimum absolute atomic E-state index is 0.00654. The fourth-order valence-corrected chi connectivity index (χ4v) is 3.49. The van der Waals surface area contributed by atoms with Crippen LogP contribution in [0.25, 0.3) is 17.0 Å². The van der Waals surface area contributed by atoms with Gasteiger partial charge in [0.2, 0.25) is 0 Å². The number of hydrogen-bond acceptors (Lipinski definition) is 3. The van der Waals surface area contributed by atoms with E-state index in [0.29, 0.717) is 5.56 Å². The summed E-state index contributed by atoms with van der Waals surface area (Å²) in [5, 5.41) is 3.54. The Bertz CT molecular complexity index is 1150. The topological polar surface area (TPSA) is 54.3 Å². The second-order valence-corrected chi connectivity index (χ2v) is 6.93. The molecule has 1 aliphatic heterocycles. The molecule has 7 heteroatoms. The number of hydrogen-bond donors (Lipinski definition) is 1. The predicted molar refractivity (Wildman–Crippen MR) is 109 cm³/mol. The number of para-hydroxylation sites is 1. The number of benzene rings is 2. The first-order valence-electron chi connectivity index (χ1n) is 8.61. The normalized spacial score (nSPS) is 16.1. The van der Waals surface area contributed by atoms with Crippen LogP contribution >= 0.6 is 12.2 Å². The maximum Gasteiger partial charge on any atom is 0.265 e. The van der Waals surface area contributed by atoms with E-state index in [-0.39, 0.29) is 23.0 Å². The van der Waals surface area contributed by atoms with E-state index in [1.54, 1.807) is 18.2 Å². The van der Waals surface area contributed by atoms with E-state index in [0.717, 1.165) is 16.5 Å². The summed E-state index contributed by atoms with van der Waals surface area (Å²) in [6, 6.07) is 13.5. The number of carbonyl (C=O) groups excluding carboxylic acids is 2. The molecule has 0 saturated carbocycles. The largest absolute Gasteiger partial charge is 0.350 e. The molecule has 28 heavy (non-hydrogen) atoms. The van der Waals surface area contributed by atoms with Gasteiger partial charge in [0.15, 0.2) is 5.11 Å². The fraction of sp³-hybridized carbons (Fsp3) is 0.0952. The van der Waals surface area contributed by atoms with Crippen molar-refractivity contribution in [2.24, 2.45) is 7.05 Å². The lowest BCUT2D eigenvalue weighted by molar-refractivity contribution is -0.129. The molecule has 0 spiro atoms. The van der Waals surface area contributed by atoms with Crippen molar-refractivity contribution >= 4 is 46.1 Å². The molecule has 0 bridgehead atoms. The van der Waals surface area contributed by atoms with Crippen LogP contribution in [0.3, 0.4) is 0 Å². The predicted octanol–water partition coefficient (Wildman–Crippen LogP) is 3.14. The van der Waals surface area contributed by atoms with Crippen molar-refractivity contribution in [1.82, 2.24) is 14.8 Å². The lowest BCUT2D eigenvalue weighted by atomic mass is 10.1. The van der Waals surface area contributed by atoms with E-state index >= 15 is 0 Å². The maximum absolute atomic E-state index is 13.1. The second kappa shape index (κ2) is 7.01. The highest BCUT2D eigenvalue weighted by atomic mass is 32.1. The third kappa shape index (κ3) is 3.20. The van der Waals surface area contributed by atoms with Gasteiger partial charge in [-0.25, -0.2) is 4.39 Å². The molecule has 0 radical (unpaired) electrons. The van der Waals surface area contributed by atoms with Crippen molar-refractivity contribution in [2.75, 3.05) is 0 Å². The molecular formula is C21H16FN3O2S. The van der Waals surface area contributed by atoms with Crippen molar-refractivity contribution in [2.45, 2.75) is 6.54 Å². The molecule has 0 atom stereocenters. The molecule has 1 aromatic heterocycles. The lowest BCUT2D eigenvalue weighted by Gasteiger charge is -2.29. The van der Waals surface area contributed by atoms with Gasteiger partial charge in [0.25, 0.3) is 11.8 Å². The van der Waals surface area contributed by atoms with Crippen LogP contribution in [0, 0.1) is 5.82 Å². The Morgan fingerprint density at radius 3 is 2.57 bits per heavy atom. The Hall–Kier alpha value is -3.32. The molecule has 1 fully saturated rings. The highest BCUT2D eigenvalue weighted by Crippen LogP contribution is 2.24. The molecule has 1 saturated heterocycles. The number of fused-ring (bicyclic) bond motifs is 1. The quantitative estimate of drug-likeness (QED) is 0.423. The Labute approximate surface area is 166 Å². The summed E-state index contributed by atoms with van der Waals surface area (Å²) < 4.78 is 15.1. The first-order chi connectivity index (χ1) is 13.4. The first kappa shape index (κ1) is 18.1. The molecule has 0 unspecified atom stereocenters. The number of rotatable bonds is 3. The van der Waals surface area contributed by atoms with Crippen molar-refractivity contribution in [3.63, 3.8) is 0 Å². The Balaban J connectivity index is 1.70. The van der Waals surface area contributed by atoms with E-state index in [4.69, 9.17) is 12.2 Å². The minimum Gasteiger partial charge on any atom is -0.350 e. The van der Waals surface area contributed by atoms with Gasteiger partial charge in [0, 0.05) is 29.7 Å². The van der Waals surface area contributed by atoms with Crippen LogP contribution in [0.4, 0.5) is 4.39 Å². The number of aryl methyl sites for hydroxylation is 1. The zero-order chi connectivity index (χ0) is 19.8. The van der Waals surface area contributed by atoms with Gasteiger partial charge in [-0.3, -0.25) is 19.8 Å². The molecule has 5 nitrogen and oxygen atoms in total. The molecule has 2 heterocycles. The lowest BCUT2D eigenvalue weighted by Crippen LogP contribution is -2.53. The molecule has 0 aliphatic carbocycles. The van der Waals surface area contributed by atoms with Crippen LogP contribution in [0.5, 0.6) is 0 Å². The summed E-state index contributed by atoms with van der Waals surface area (Å²) in [4.78, 5) is 26.7. The maximum atomic E-state index is 13.1. The summed E-state index contributed by atoms with van der Waals surface area (Å²) >= 11 is 5.17. The van der Waals surface area contributed by atoms with E-state index in [1.165, 1.54) is 17.0 Å². The van der Waals surface area contributed by atoms with Crippen molar-refractivity contribution in [3.8, 4) is 0 Å².